The summed E-state index contributed by atoms with van der Waals surface area (Å²) >= 11 is 0. The van der Waals surface area contributed by atoms with E-state index in [-0.39, 0.29) is 12.2 Å². The number of methoxy groups -OCH3 is 1. The highest BCUT2D eigenvalue weighted by Gasteiger charge is 2.31. The summed E-state index contributed by atoms with van der Waals surface area (Å²) in [6, 6.07) is 33.7. The molecule has 0 fully saturated rings. The molecule has 0 bridgehead atoms. The number of ether oxygens (including phenoxy) is 2. The van der Waals surface area contributed by atoms with Gasteiger partial charge < -0.3 is 18.9 Å². The van der Waals surface area contributed by atoms with Crippen molar-refractivity contribution in [2.24, 2.45) is 0 Å². The van der Waals surface area contributed by atoms with Crippen LogP contribution in [0.2, 0.25) is 0 Å². The van der Waals surface area contributed by atoms with E-state index in [1.165, 1.54) is 12.0 Å². The Labute approximate surface area is 206 Å². The third kappa shape index (κ3) is 5.47. The Hall–Kier alpha value is -3.82. The van der Waals surface area contributed by atoms with Crippen LogP contribution in [0.5, 0.6) is 11.5 Å². The van der Waals surface area contributed by atoms with Crippen LogP contribution in [0.25, 0.3) is 0 Å². The fourth-order valence-corrected chi connectivity index (χ4v) is 6.62. The van der Waals surface area contributed by atoms with Gasteiger partial charge in [-0.2, -0.15) is 0 Å². The third-order valence-electron chi connectivity index (χ3n) is 5.76. The van der Waals surface area contributed by atoms with E-state index in [0.29, 0.717) is 34.3 Å². The van der Waals surface area contributed by atoms with Crippen molar-refractivity contribution < 1.29 is 18.8 Å². The topological polar surface area (TPSA) is 55.8 Å². The van der Waals surface area contributed by atoms with Crippen LogP contribution in [0.3, 0.4) is 0 Å². The largest absolute Gasteiger partial charge is 0.492 e. The lowest BCUT2D eigenvalue weighted by atomic mass is 10.1. The first-order chi connectivity index (χ1) is 17.0. The van der Waals surface area contributed by atoms with E-state index >= 15 is 0 Å². The number of rotatable bonds is 9. The number of benzene rings is 4. The average Bonchev–Trinajstić information content (AvgIpc) is 2.92. The van der Waals surface area contributed by atoms with Crippen LogP contribution in [0.1, 0.15) is 15.9 Å². The molecule has 0 aliphatic rings. The van der Waals surface area contributed by atoms with Gasteiger partial charge in [0.25, 0.3) is 5.91 Å². The summed E-state index contributed by atoms with van der Waals surface area (Å²) in [5, 5.41) is 1.41. The van der Waals surface area contributed by atoms with E-state index < -0.39 is 7.14 Å². The molecule has 35 heavy (non-hydrogen) atoms. The van der Waals surface area contributed by atoms with Gasteiger partial charge in [-0.05, 0) is 17.7 Å². The number of amides is 1. The summed E-state index contributed by atoms with van der Waals surface area (Å²) < 4.78 is 26.0. The van der Waals surface area contributed by atoms with E-state index in [1.807, 2.05) is 91.0 Å². The molecule has 4 aromatic carbocycles. The maximum atomic E-state index is 14.4. The van der Waals surface area contributed by atoms with Gasteiger partial charge in [0.15, 0.2) is 18.6 Å². The second-order valence-corrected chi connectivity index (χ2v) is 11.0. The van der Waals surface area contributed by atoms with Crippen molar-refractivity contribution in [1.29, 1.82) is 0 Å². The molecule has 1 amide bonds. The monoisotopic (exact) mass is 485 g/mol. The molecule has 0 saturated heterocycles. The fourth-order valence-electron chi connectivity index (χ4n) is 3.96. The molecule has 0 spiro atoms. The van der Waals surface area contributed by atoms with Crippen LogP contribution in [0.4, 0.5) is 0 Å². The van der Waals surface area contributed by atoms with Crippen LogP contribution in [0.15, 0.2) is 109 Å². The number of carbonyl (C=O) groups excluding carboxylic acids is 1. The molecular formula is C29H28NO4P. The molecule has 0 aliphatic carbocycles. The zero-order valence-corrected chi connectivity index (χ0v) is 20.7. The summed E-state index contributed by atoms with van der Waals surface area (Å²) in [7, 11) is 0.0690. The Morgan fingerprint density at radius 1 is 0.771 bits per heavy atom. The first-order valence-electron chi connectivity index (χ1n) is 11.3. The maximum Gasteiger partial charge on any atom is 0.257 e. The van der Waals surface area contributed by atoms with Gasteiger partial charge in [-0.25, -0.2) is 0 Å². The second kappa shape index (κ2) is 11.1. The van der Waals surface area contributed by atoms with E-state index in [2.05, 4.69) is 0 Å². The quantitative estimate of drug-likeness (QED) is 0.301. The van der Waals surface area contributed by atoms with E-state index in [1.54, 1.807) is 25.2 Å². The Morgan fingerprint density at radius 2 is 1.31 bits per heavy atom. The number of nitrogens with zero attached hydrogens (tertiary/aromatic N) is 1. The normalized spacial score (nSPS) is 11.0. The van der Waals surface area contributed by atoms with Crippen molar-refractivity contribution in [3.05, 3.63) is 120 Å². The number of hydrogen-bond acceptors (Lipinski definition) is 4. The van der Waals surface area contributed by atoms with Gasteiger partial charge >= 0.3 is 0 Å². The molecule has 0 aliphatic heterocycles. The molecule has 0 radical (unpaired) electrons. The average molecular weight is 486 g/mol. The first-order valence-corrected chi connectivity index (χ1v) is 13.2. The summed E-state index contributed by atoms with van der Waals surface area (Å²) in [4.78, 5) is 15.1. The van der Waals surface area contributed by atoms with Gasteiger partial charge in [-0.1, -0.05) is 97.1 Å². The maximum absolute atomic E-state index is 14.4. The van der Waals surface area contributed by atoms with E-state index in [9.17, 15) is 9.36 Å². The van der Waals surface area contributed by atoms with E-state index in [0.717, 1.165) is 5.56 Å². The summed E-state index contributed by atoms with van der Waals surface area (Å²) in [5.74, 6) is 0.540. The number of para-hydroxylation sites is 1. The molecular weight excluding hydrogens is 457 g/mol. The number of hydrogen-bond donors (Lipinski definition) is 0. The minimum atomic E-state index is -3.11. The highest BCUT2D eigenvalue weighted by atomic mass is 31.2. The van der Waals surface area contributed by atoms with Gasteiger partial charge in [-0.3, -0.25) is 4.79 Å². The highest BCUT2D eigenvalue weighted by molar-refractivity contribution is 7.78. The van der Waals surface area contributed by atoms with Crippen molar-refractivity contribution in [3.8, 4) is 11.5 Å². The zero-order chi connectivity index (χ0) is 24.7. The minimum absolute atomic E-state index is 0.0537. The molecule has 0 saturated carbocycles. The predicted molar refractivity (Wildman–Crippen MR) is 140 cm³/mol. The number of carbonyl (C=O) groups is 1. The summed E-state index contributed by atoms with van der Waals surface area (Å²) in [6.07, 6.45) is 0.0537. The molecule has 5 nitrogen and oxygen atoms in total. The molecule has 4 aromatic rings. The Bertz CT molecular complexity index is 1270. The van der Waals surface area contributed by atoms with Crippen LogP contribution in [-0.4, -0.2) is 31.3 Å². The van der Waals surface area contributed by atoms with Crippen molar-refractivity contribution in [3.63, 3.8) is 0 Å². The van der Waals surface area contributed by atoms with Gasteiger partial charge in [0.05, 0.1) is 19.0 Å². The van der Waals surface area contributed by atoms with Crippen LogP contribution in [0, 0.1) is 0 Å². The fraction of sp³-hybridized carbons (Fsp3) is 0.138. The smallest absolute Gasteiger partial charge is 0.257 e. The van der Waals surface area contributed by atoms with Crippen molar-refractivity contribution in [2.75, 3.05) is 20.4 Å². The highest BCUT2D eigenvalue weighted by Crippen LogP contribution is 2.44. The minimum Gasteiger partial charge on any atom is -0.492 e. The molecule has 0 N–H and O–H groups in total. The first kappa shape index (κ1) is 24.3. The lowest BCUT2D eigenvalue weighted by Gasteiger charge is -2.26. The second-order valence-electron chi connectivity index (χ2n) is 8.17. The SMILES string of the molecule is COc1c(OCc2ccccc2)cccc1C(=O)N(C)CP(=O)(c1ccccc1)c1ccccc1. The van der Waals surface area contributed by atoms with Crippen LogP contribution in [-0.2, 0) is 11.2 Å². The van der Waals surface area contributed by atoms with Crippen LogP contribution < -0.4 is 20.1 Å². The lowest BCUT2D eigenvalue weighted by Crippen LogP contribution is -2.33. The molecule has 0 unspecified atom stereocenters. The molecule has 0 heterocycles. The Kier molecular flexibility index (Phi) is 7.69. The third-order valence-corrected chi connectivity index (χ3v) is 8.84. The van der Waals surface area contributed by atoms with Crippen molar-refractivity contribution in [2.45, 2.75) is 6.61 Å². The molecule has 0 atom stereocenters. The van der Waals surface area contributed by atoms with Gasteiger partial charge in [0, 0.05) is 17.7 Å². The Balaban J connectivity index is 1.61. The van der Waals surface area contributed by atoms with Crippen LogP contribution >= 0.6 is 7.14 Å². The van der Waals surface area contributed by atoms with Crippen molar-refractivity contribution in [1.82, 2.24) is 4.90 Å². The Morgan fingerprint density at radius 3 is 1.86 bits per heavy atom. The lowest BCUT2D eigenvalue weighted by molar-refractivity contribution is 0.0813. The molecule has 4 rings (SSSR count). The van der Waals surface area contributed by atoms with E-state index in [4.69, 9.17) is 9.47 Å². The standard InChI is InChI=1S/C29H28NO4P/c1-30(22-35(32,24-15-8-4-9-16-24)25-17-10-5-11-18-25)29(31)26-19-12-20-27(28(26)33-2)34-21-23-13-6-3-7-14-23/h3-20H,21-22H2,1-2H3. The molecule has 6 heteroatoms. The molecule has 0 aromatic heterocycles. The van der Waals surface area contributed by atoms with Crippen molar-refractivity contribution >= 4 is 23.7 Å². The summed E-state index contributed by atoms with van der Waals surface area (Å²) in [5.41, 5.74) is 1.36. The zero-order valence-electron chi connectivity index (χ0n) is 19.8. The van der Waals surface area contributed by atoms with Gasteiger partial charge in [-0.15, -0.1) is 0 Å². The molecule has 178 valence electrons. The summed E-state index contributed by atoms with van der Waals surface area (Å²) in [6.45, 7) is 0.349. The van der Waals surface area contributed by atoms with Gasteiger partial charge in [0.2, 0.25) is 0 Å². The van der Waals surface area contributed by atoms with Gasteiger partial charge in [0.1, 0.15) is 6.61 Å². The predicted octanol–water partition coefficient (Wildman–Crippen LogP) is 5.32.